The molecule has 1 aliphatic carbocycles. The zero-order valence-corrected chi connectivity index (χ0v) is 15.9. The summed E-state index contributed by atoms with van der Waals surface area (Å²) in [5.74, 6) is 2.78. The third-order valence-corrected chi connectivity index (χ3v) is 5.79. The Hall–Kier alpha value is -2.69. The van der Waals surface area contributed by atoms with E-state index in [1.807, 2.05) is 19.2 Å². The minimum Gasteiger partial charge on any atom is -0.370 e. The highest BCUT2D eigenvalue weighted by atomic mass is 15.2. The highest BCUT2D eigenvalue weighted by molar-refractivity contribution is 5.79. The molecule has 1 aliphatic heterocycles. The molecule has 1 saturated carbocycles. The van der Waals surface area contributed by atoms with Crippen LogP contribution in [-0.4, -0.2) is 26.1 Å². The van der Waals surface area contributed by atoms with Gasteiger partial charge in [-0.25, -0.2) is 9.97 Å². The van der Waals surface area contributed by atoms with Crippen LogP contribution in [-0.2, 0) is 0 Å². The lowest BCUT2D eigenvalue weighted by atomic mass is 10.1. The normalized spacial score (nSPS) is 20.1. The highest BCUT2D eigenvalue weighted by Gasteiger charge is 2.41. The number of pyridine rings is 2. The second kappa shape index (κ2) is 6.48. The summed E-state index contributed by atoms with van der Waals surface area (Å²) < 4.78 is 2.49. The van der Waals surface area contributed by atoms with Crippen molar-refractivity contribution in [1.29, 1.82) is 0 Å². The molecular formula is C22H25N5. The summed E-state index contributed by atoms with van der Waals surface area (Å²) in [5, 5.41) is 3.41. The fraction of sp³-hybridized carbons (Fsp3) is 0.409. The third-order valence-electron chi connectivity index (χ3n) is 5.79. The number of anilines is 1. The number of nitrogens with zero attached hydrogens (tertiary/aromatic N) is 4. The molecule has 3 aromatic heterocycles. The third kappa shape index (κ3) is 2.73. The lowest BCUT2D eigenvalue weighted by Gasteiger charge is -2.17. The molecule has 5 nitrogen and oxygen atoms in total. The molecule has 2 atom stereocenters. The van der Waals surface area contributed by atoms with Gasteiger partial charge in [-0.2, -0.15) is 0 Å². The van der Waals surface area contributed by atoms with Crippen LogP contribution in [0.15, 0.2) is 36.5 Å². The van der Waals surface area contributed by atoms with Gasteiger partial charge in [0.25, 0.3) is 0 Å². The quantitative estimate of drug-likeness (QED) is 0.699. The number of rotatable bonds is 5. The van der Waals surface area contributed by atoms with Crippen molar-refractivity contribution >= 4 is 5.82 Å². The van der Waals surface area contributed by atoms with Crippen molar-refractivity contribution in [2.45, 2.75) is 51.5 Å². The Morgan fingerprint density at radius 2 is 2.11 bits per heavy atom. The average molecular weight is 359 g/mol. The van der Waals surface area contributed by atoms with Crippen LogP contribution in [0.2, 0.25) is 0 Å². The Balaban J connectivity index is 1.68. The van der Waals surface area contributed by atoms with Crippen LogP contribution < -0.4 is 5.32 Å². The van der Waals surface area contributed by atoms with Crippen molar-refractivity contribution in [3.63, 3.8) is 0 Å². The van der Waals surface area contributed by atoms with Crippen LogP contribution in [0.4, 0.5) is 5.82 Å². The van der Waals surface area contributed by atoms with E-state index in [0.717, 1.165) is 35.9 Å². The second-order valence-electron chi connectivity index (χ2n) is 7.72. The van der Waals surface area contributed by atoms with Gasteiger partial charge in [0.05, 0.1) is 11.4 Å². The number of aromatic nitrogens is 4. The second-order valence-corrected chi connectivity index (χ2v) is 7.72. The fourth-order valence-electron chi connectivity index (χ4n) is 4.59. The molecule has 1 fully saturated rings. The maximum Gasteiger partial charge on any atom is 0.126 e. The average Bonchev–Trinajstić information content (AvgIpc) is 3.38. The molecule has 2 bridgehead atoms. The monoisotopic (exact) mass is 359 g/mol. The molecule has 3 aromatic rings. The Morgan fingerprint density at radius 3 is 2.96 bits per heavy atom. The van der Waals surface area contributed by atoms with Gasteiger partial charge < -0.3 is 9.88 Å². The summed E-state index contributed by atoms with van der Waals surface area (Å²) in [5.41, 5.74) is 5.38. The topological polar surface area (TPSA) is 55.6 Å². The minimum atomic E-state index is 0.575. The van der Waals surface area contributed by atoms with Crippen LogP contribution >= 0.6 is 0 Å². The van der Waals surface area contributed by atoms with Gasteiger partial charge in [-0.15, -0.1) is 0 Å². The van der Waals surface area contributed by atoms with Crippen molar-refractivity contribution in [2.24, 2.45) is 0 Å². The number of imidazole rings is 1. The van der Waals surface area contributed by atoms with Crippen LogP contribution in [0.5, 0.6) is 0 Å². The molecular weight excluding hydrogens is 334 g/mol. The highest BCUT2D eigenvalue weighted by Crippen LogP contribution is 2.52. The number of hydrogen-bond acceptors (Lipinski definition) is 4. The van der Waals surface area contributed by atoms with Crippen LogP contribution in [0.25, 0.3) is 22.6 Å². The van der Waals surface area contributed by atoms with E-state index in [-0.39, 0.29) is 0 Å². The first kappa shape index (κ1) is 16.5. The number of nitrogens with one attached hydrogen (secondary N) is 1. The predicted molar refractivity (Wildman–Crippen MR) is 108 cm³/mol. The summed E-state index contributed by atoms with van der Waals surface area (Å²) >= 11 is 0. The molecule has 0 saturated heterocycles. The number of hydrogen-bond donors (Lipinski definition) is 1. The molecule has 0 amide bonds. The number of fused-ring (bicyclic) bond motifs is 5. The molecule has 0 radical (unpaired) electrons. The van der Waals surface area contributed by atoms with Crippen molar-refractivity contribution < 1.29 is 0 Å². The first-order valence-electron chi connectivity index (χ1n) is 10.0. The first-order valence-corrected chi connectivity index (χ1v) is 10.0. The lowest BCUT2D eigenvalue weighted by molar-refractivity contribution is 0.530. The smallest absolute Gasteiger partial charge is 0.126 e. The van der Waals surface area contributed by atoms with E-state index in [0.29, 0.717) is 12.0 Å². The van der Waals surface area contributed by atoms with Gasteiger partial charge in [0, 0.05) is 36.0 Å². The summed E-state index contributed by atoms with van der Waals surface area (Å²) in [6.45, 7) is 5.13. The van der Waals surface area contributed by atoms with Crippen LogP contribution in [0, 0.1) is 6.92 Å². The van der Waals surface area contributed by atoms with Gasteiger partial charge in [0.1, 0.15) is 17.3 Å². The molecule has 0 aromatic carbocycles. The molecule has 27 heavy (non-hydrogen) atoms. The minimum absolute atomic E-state index is 0.575. The Morgan fingerprint density at radius 1 is 1.19 bits per heavy atom. The van der Waals surface area contributed by atoms with E-state index in [1.165, 1.54) is 36.3 Å². The first-order chi connectivity index (χ1) is 13.2. The van der Waals surface area contributed by atoms with Crippen LogP contribution in [0.3, 0.4) is 0 Å². The van der Waals surface area contributed by atoms with E-state index in [4.69, 9.17) is 9.97 Å². The van der Waals surface area contributed by atoms with E-state index in [9.17, 15) is 0 Å². The van der Waals surface area contributed by atoms with Gasteiger partial charge in [-0.1, -0.05) is 13.0 Å². The summed E-state index contributed by atoms with van der Waals surface area (Å²) in [6.07, 6.45) is 6.74. The Bertz CT molecular complexity index is 990. The van der Waals surface area contributed by atoms with Gasteiger partial charge in [0.2, 0.25) is 0 Å². The number of aryl methyl sites for hydroxylation is 1. The predicted octanol–water partition coefficient (Wildman–Crippen LogP) is 4.96. The zero-order chi connectivity index (χ0) is 18.4. The van der Waals surface area contributed by atoms with Crippen molar-refractivity contribution in [3.05, 3.63) is 48.0 Å². The van der Waals surface area contributed by atoms with Crippen molar-refractivity contribution in [1.82, 2.24) is 19.5 Å². The summed E-state index contributed by atoms with van der Waals surface area (Å²) in [4.78, 5) is 14.4. The molecule has 1 N–H and O–H groups in total. The summed E-state index contributed by atoms with van der Waals surface area (Å²) in [6, 6.07) is 11.0. The van der Waals surface area contributed by atoms with Gasteiger partial charge in [0.15, 0.2) is 0 Å². The van der Waals surface area contributed by atoms with Gasteiger partial charge in [-0.05, 0) is 56.9 Å². The maximum absolute atomic E-state index is 5.11. The van der Waals surface area contributed by atoms with Gasteiger partial charge >= 0.3 is 0 Å². The molecule has 0 spiro atoms. The van der Waals surface area contributed by atoms with E-state index in [2.05, 4.69) is 46.1 Å². The Kier molecular flexibility index (Phi) is 3.96. The molecule has 2 aliphatic rings. The summed E-state index contributed by atoms with van der Waals surface area (Å²) in [7, 11) is 0. The zero-order valence-electron chi connectivity index (χ0n) is 15.9. The SMILES string of the molecule is CCCNc1cc(-c2c(-c3cccc(C)n3)nc3n2[C@@H]2CC[C@H]3C2)ccn1. The lowest BCUT2D eigenvalue weighted by Crippen LogP contribution is -2.08. The van der Waals surface area contributed by atoms with E-state index >= 15 is 0 Å². The van der Waals surface area contributed by atoms with E-state index in [1.54, 1.807) is 0 Å². The molecule has 4 heterocycles. The molecule has 0 unspecified atom stereocenters. The van der Waals surface area contributed by atoms with Gasteiger partial charge in [-0.3, -0.25) is 4.98 Å². The Labute approximate surface area is 159 Å². The molecule has 5 heteroatoms. The maximum atomic E-state index is 5.11. The molecule has 5 rings (SSSR count). The standard InChI is InChI=1S/C22H25N5/c1-3-10-23-19-13-15(9-11-24-19)21-20(18-6-4-5-14(2)25-18)26-22-16-7-8-17(12-16)27(21)22/h4-6,9,11,13,16-17H,3,7-8,10,12H2,1-2H3,(H,23,24)/t16-,17+/m0/s1. The molecule has 138 valence electrons. The van der Waals surface area contributed by atoms with Crippen molar-refractivity contribution in [3.8, 4) is 22.6 Å². The van der Waals surface area contributed by atoms with E-state index < -0.39 is 0 Å². The van der Waals surface area contributed by atoms with Crippen molar-refractivity contribution in [2.75, 3.05) is 11.9 Å². The largest absolute Gasteiger partial charge is 0.370 e. The van der Waals surface area contributed by atoms with Crippen LogP contribution in [0.1, 0.15) is 56.1 Å². The fourth-order valence-corrected chi connectivity index (χ4v) is 4.59.